The van der Waals surface area contributed by atoms with Gasteiger partial charge in [-0.3, -0.25) is 19.2 Å². The van der Waals surface area contributed by atoms with Crippen molar-refractivity contribution in [1.29, 1.82) is 0 Å². The molecule has 16 heteroatoms. The zero-order valence-corrected chi connectivity index (χ0v) is 38.3. The predicted molar refractivity (Wildman–Crippen MR) is 237 cm³/mol. The van der Waals surface area contributed by atoms with E-state index in [-0.39, 0.29) is 31.7 Å². The second kappa shape index (κ2) is 20.8. The summed E-state index contributed by atoms with van der Waals surface area (Å²) in [6.45, 7) is 13.1. The Balaban J connectivity index is 1.44. The standard InChI is InChI=1S/C46H70N6O9S/c1-7-9-20-35(37(53)40(55)47-26-8-2)48-39(54)36-28-34(61-43(58)51-27-21-32-18-12-13-19-33(32)29-51)30-52(36)41(56)38(45(6)22-14-10-15-23-45)49-42(57)50-46(24-16-11-17-25-46)31-62(59,60)44(3,4)5/h8,12-13,18-19,34-36,38H,2,7,9-11,14-17,20-31H2,1,3-6H3,(H,47,55)(H,48,54)(H2,49,50,57)/t34-,35?,36+,38-/m1/s1. The van der Waals surface area contributed by atoms with E-state index in [1.54, 1.807) is 25.7 Å². The van der Waals surface area contributed by atoms with Gasteiger partial charge in [-0.25, -0.2) is 18.0 Å². The highest BCUT2D eigenvalue weighted by molar-refractivity contribution is 7.92. The van der Waals surface area contributed by atoms with Crippen molar-refractivity contribution in [2.75, 3.05) is 25.4 Å². The van der Waals surface area contributed by atoms with Gasteiger partial charge in [0, 0.05) is 26.1 Å². The first kappa shape index (κ1) is 48.6. The molecule has 1 unspecified atom stereocenters. The van der Waals surface area contributed by atoms with Crippen LogP contribution < -0.4 is 21.3 Å². The molecule has 62 heavy (non-hydrogen) atoms. The highest BCUT2D eigenvalue weighted by Crippen LogP contribution is 2.41. The molecule has 344 valence electrons. The van der Waals surface area contributed by atoms with Gasteiger partial charge in [0.1, 0.15) is 18.2 Å². The van der Waals surface area contributed by atoms with Gasteiger partial charge < -0.3 is 35.8 Å². The number of unbranched alkanes of at least 4 members (excludes halogenated alkanes) is 1. The lowest BCUT2D eigenvalue weighted by Crippen LogP contribution is -2.64. The first-order valence-electron chi connectivity index (χ1n) is 22.7. The van der Waals surface area contributed by atoms with Crippen LogP contribution in [0.5, 0.6) is 0 Å². The minimum Gasteiger partial charge on any atom is -0.444 e. The molecule has 4 atom stereocenters. The van der Waals surface area contributed by atoms with E-state index >= 15 is 4.79 Å². The van der Waals surface area contributed by atoms with Crippen LogP contribution in [0, 0.1) is 5.41 Å². The zero-order chi connectivity index (χ0) is 45.3. The van der Waals surface area contributed by atoms with E-state index in [1.165, 1.54) is 11.0 Å². The number of Topliss-reactive ketones (excluding diaryl/α,β-unsaturated/α-hetero) is 1. The van der Waals surface area contributed by atoms with E-state index in [0.29, 0.717) is 58.0 Å². The Labute approximate surface area is 368 Å². The molecule has 15 nitrogen and oxygen atoms in total. The number of fused-ring (bicyclic) bond motifs is 1. The first-order chi connectivity index (χ1) is 29.3. The fourth-order valence-corrected chi connectivity index (χ4v) is 11.0. The second-order valence-corrected chi connectivity index (χ2v) is 22.0. The number of ketones is 1. The van der Waals surface area contributed by atoms with Crippen molar-refractivity contribution >= 4 is 45.5 Å². The van der Waals surface area contributed by atoms with Gasteiger partial charge in [-0.05, 0) is 75.8 Å². The minimum absolute atomic E-state index is 0.0633. The van der Waals surface area contributed by atoms with Crippen molar-refractivity contribution < 1.29 is 41.9 Å². The molecule has 2 heterocycles. The summed E-state index contributed by atoms with van der Waals surface area (Å²) >= 11 is 0. The number of likely N-dealkylation sites (tertiary alicyclic amines) is 1. The van der Waals surface area contributed by atoms with E-state index in [9.17, 15) is 32.4 Å². The van der Waals surface area contributed by atoms with Crippen molar-refractivity contribution in [3.05, 3.63) is 48.0 Å². The Hall–Kier alpha value is -4.47. The number of rotatable bonds is 16. The number of hydrogen-bond donors (Lipinski definition) is 4. The molecule has 6 amide bonds. The average Bonchev–Trinajstić information content (AvgIpc) is 3.66. The van der Waals surface area contributed by atoms with Crippen LogP contribution in [-0.4, -0.2) is 114 Å². The Morgan fingerprint density at radius 1 is 0.952 bits per heavy atom. The van der Waals surface area contributed by atoms with Crippen molar-refractivity contribution in [3.8, 4) is 0 Å². The molecule has 0 radical (unpaired) electrons. The van der Waals surface area contributed by atoms with Crippen LogP contribution in [0.4, 0.5) is 9.59 Å². The van der Waals surface area contributed by atoms with Crippen molar-refractivity contribution in [3.63, 3.8) is 0 Å². The van der Waals surface area contributed by atoms with Gasteiger partial charge in [-0.15, -0.1) is 6.58 Å². The van der Waals surface area contributed by atoms with E-state index in [0.717, 1.165) is 49.7 Å². The SMILES string of the molecule is C=CCNC(=O)C(=O)C(CCCC)NC(=O)[C@@H]1C[C@@H](OC(=O)N2CCc3ccccc3C2)CN1C(=O)[C@@H](NC(=O)NC1(CS(=O)(=O)C(C)(C)C)CCCCC1)C1(C)CCCCC1. The molecule has 1 aromatic rings. The van der Waals surface area contributed by atoms with E-state index < -0.39 is 85.4 Å². The van der Waals surface area contributed by atoms with Crippen molar-refractivity contribution in [1.82, 2.24) is 31.1 Å². The maximum absolute atomic E-state index is 15.2. The molecule has 5 rings (SSSR count). The molecular formula is C46H70N6O9S. The number of carbonyl (C=O) groups is 6. The van der Waals surface area contributed by atoms with Gasteiger partial charge in [0.2, 0.25) is 17.6 Å². The third kappa shape index (κ3) is 12.0. The number of nitrogens with one attached hydrogen (secondary N) is 4. The molecule has 4 aliphatic rings. The van der Waals surface area contributed by atoms with E-state index in [4.69, 9.17) is 4.74 Å². The number of hydrogen-bond acceptors (Lipinski definition) is 9. The molecule has 2 aliphatic carbocycles. The topological polar surface area (TPSA) is 200 Å². The zero-order valence-electron chi connectivity index (χ0n) is 37.5. The molecule has 0 spiro atoms. The maximum atomic E-state index is 15.2. The van der Waals surface area contributed by atoms with Crippen LogP contribution in [0.15, 0.2) is 36.9 Å². The first-order valence-corrected chi connectivity index (χ1v) is 24.3. The Morgan fingerprint density at radius 2 is 1.60 bits per heavy atom. The summed E-state index contributed by atoms with van der Waals surface area (Å²) < 4.78 is 32.2. The van der Waals surface area contributed by atoms with Gasteiger partial charge in [-0.1, -0.05) is 95.6 Å². The summed E-state index contributed by atoms with van der Waals surface area (Å²) in [4.78, 5) is 86.9. The number of sulfone groups is 1. The van der Waals surface area contributed by atoms with Gasteiger partial charge in [0.25, 0.3) is 5.91 Å². The third-order valence-electron chi connectivity index (χ3n) is 13.4. The van der Waals surface area contributed by atoms with Crippen LogP contribution in [0.3, 0.4) is 0 Å². The number of ether oxygens (including phenoxy) is 1. The quantitative estimate of drug-likeness (QED) is 0.126. The Kier molecular flexibility index (Phi) is 16.3. The summed E-state index contributed by atoms with van der Waals surface area (Å²) in [6, 6.07) is 3.69. The molecule has 3 fully saturated rings. The van der Waals surface area contributed by atoms with Crippen LogP contribution in [-0.2, 0) is 46.7 Å². The highest BCUT2D eigenvalue weighted by Gasteiger charge is 2.50. The number of amides is 6. The highest BCUT2D eigenvalue weighted by atomic mass is 32.2. The van der Waals surface area contributed by atoms with Crippen LogP contribution in [0.25, 0.3) is 0 Å². The fourth-order valence-electron chi connectivity index (χ4n) is 9.47. The van der Waals surface area contributed by atoms with Gasteiger partial charge in [0.15, 0.2) is 9.84 Å². The second-order valence-electron chi connectivity index (χ2n) is 19.2. The van der Waals surface area contributed by atoms with Crippen LogP contribution in [0.2, 0.25) is 0 Å². The maximum Gasteiger partial charge on any atom is 0.410 e. The van der Waals surface area contributed by atoms with Gasteiger partial charge in [0.05, 0.1) is 28.6 Å². The summed E-state index contributed by atoms with van der Waals surface area (Å²) in [7, 11) is -3.64. The Morgan fingerprint density at radius 3 is 2.23 bits per heavy atom. The van der Waals surface area contributed by atoms with Crippen molar-refractivity contribution in [2.24, 2.45) is 5.41 Å². The van der Waals surface area contributed by atoms with Crippen molar-refractivity contribution in [2.45, 2.75) is 172 Å². The smallest absolute Gasteiger partial charge is 0.410 e. The third-order valence-corrected chi connectivity index (χ3v) is 16.2. The van der Waals surface area contributed by atoms with E-state index in [1.807, 2.05) is 38.1 Å². The summed E-state index contributed by atoms with van der Waals surface area (Å²) in [6.07, 6.45) is 9.11. The molecule has 1 aromatic carbocycles. The van der Waals surface area contributed by atoms with E-state index in [2.05, 4.69) is 27.8 Å². The van der Waals surface area contributed by atoms with Crippen LogP contribution in [0.1, 0.15) is 136 Å². The molecule has 0 bridgehead atoms. The summed E-state index contributed by atoms with van der Waals surface area (Å²) in [5.41, 5.74) is 0.400. The number of carbonyl (C=O) groups excluding carboxylic acids is 6. The lowest BCUT2D eigenvalue weighted by molar-refractivity contribution is -0.144. The molecule has 2 aliphatic heterocycles. The normalized spacial score (nSPS) is 22.0. The molecule has 1 saturated heterocycles. The van der Waals surface area contributed by atoms with Gasteiger partial charge >= 0.3 is 12.1 Å². The lowest BCUT2D eigenvalue weighted by Gasteiger charge is -2.44. The lowest BCUT2D eigenvalue weighted by atomic mass is 9.70. The minimum atomic E-state index is -3.64. The molecule has 4 N–H and O–H groups in total. The summed E-state index contributed by atoms with van der Waals surface area (Å²) in [5.74, 6) is -3.16. The molecule has 0 aromatic heterocycles. The molecular weight excluding hydrogens is 813 g/mol. The largest absolute Gasteiger partial charge is 0.444 e. The number of benzene rings is 1. The Bertz CT molecular complexity index is 1920. The number of urea groups is 1. The monoisotopic (exact) mass is 882 g/mol. The molecule has 2 saturated carbocycles. The van der Waals surface area contributed by atoms with Crippen LogP contribution >= 0.6 is 0 Å². The number of nitrogens with zero attached hydrogens (tertiary/aromatic N) is 2. The fraction of sp³-hybridized carbons (Fsp3) is 0.696. The summed E-state index contributed by atoms with van der Waals surface area (Å²) in [5, 5.41) is 11.3. The predicted octanol–water partition coefficient (Wildman–Crippen LogP) is 5.25. The average molecular weight is 883 g/mol. The van der Waals surface area contributed by atoms with Gasteiger partial charge in [-0.2, -0.15) is 0 Å².